The smallest absolute Gasteiger partial charge is 0.162 e. The maximum atomic E-state index is 15.0. The predicted molar refractivity (Wildman–Crippen MR) is 92.0 cm³/mol. The van der Waals surface area contributed by atoms with E-state index in [1.165, 1.54) is 12.8 Å². The van der Waals surface area contributed by atoms with E-state index in [2.05, 4.69) is 6.92 Å². The van der Waals surface area contributed by atoms with Gasteiger partial charge in [-0.3, -0.25) is 0 Å². The molecular weight excluding hydrogens is 290 g/mol. The van der Waals surface area contributed by atoms with Crippen molar-refractivity contribution in [3.05, 3.63) is 34.4 Å². The summed E-state index contributed by atoms with van der Waals surface area (Å²) in [5.41, 5.74) is 2.49. The first-order valence-electron chi connectivity index (χ1n) is 9.73. The predicted octanol–water partition coefficient (Wildman–Crippen LogP) is 7.01. The molecule has 0 unspecified atom stereocenters. The molecule has 2 heteroatoms. The third kappa shape index (κ3) is 3.61. The average Bonchev–Trinajstić information content (AvgIpc) is 2.60. The van der Waals surface area contributed by atoms with Gasteiger partial charge in [-0.05, 0) is 60.6 Å². The van der Waals surface area contributed by atoms with Crippen LogP contribution in [0.25, 0.3) is 0 Å². The Labute approximate surface area is 139 Å². The van der Waals surface area contributed by atoms with Crippen LogP contribution in [0, 0.1) is 11.6 Å². The standard InChI is InChI=1S/C21H30F2/c1-2-9-17-14-18(15-10-5-3-6-11-15)20(22)21(23)19(17)16-12-7-4-8-13-16/h14-16H,2-13H2,1H3. The van der Waals surface area contributed by atoms with Crippen molar-refractivity contribution >= 4 is 0 Å². The van der Waals surface area contributed by atoms with E-state index in [1.54, 1.807) is 0 Å². The first-order valence-corrected chi connectivity index (χ1v) is 9.73. The molecule has 3 rings (SSSR count). The molecule has 0 N–H and O–H groups in total. The fraction of sp³-hybridized carbons (Fsp3) is 0.714. The largest absolute Gasteiger partial charge is 0.203 e. The van der Waals surface area contributed by atoms with E-state index >= 15 is 4.39 Å². The molecule has 1 aromatic carbocycles. The van der Waals surface area contributed by atoms with Gasteiger partial charge < -0.3 is 0 Å². The molecule has 2 aliphatic carbocycles. The van der Waals surface area contributed by atoms with E-state index in [0.29, 0.717) is 5.56 Å². The quantitative estimate of drug-likeness (QED) is 0.559. The minimum Gasteiger partial charge on any atom is -0.203 e. The molecule has 128 valence electrons. The second-order valence-corrected chi connectivity index (χ2v) is 7.59. The van der Waals surface area contributed by atoms with Crippen molar-refractivity contribution in [1.29, 1.82) is 0 Å². The minimum atomic E-state index is -0.530. The van der Waals surface area contributed by atoms with Gasteiger partial charge in [0.15, 0.2) is 11.6 Å². The number of hydrogen-bond acceptors (Lipinski definition) is 0. The van der Waals surface area contributed by atoms with E-state index in [0.717, 1.165) is 75.3 Å². The van der Waals surface area contributed by atoms with Crippen molar-refractivity contribution in [3.8, 4) is 0 Å². The summed E-state index contributed by atoms with van der Waals surface area (Å²) in [7, 11) is 0. The monoisotopic (exact) mass is 320 g/mol. The number of rotatable bonds is 4. The topological polar surface area (TPSA) is 0 Å². The molecule has 2 fully saturated rings. The van der Waals surface area contributed by atoms with Crippen LogP contribution in [-0.2, 0) is 6.42 Å². The number of halogens is 2. The molecule has 0 aliphatic heterocycles. The summed E-state index contributed by atoms with van der Waals surface area (Å²) in [4.78, 5) is 0. The van der Waals surface area contributed by atoms with E-state index in [-0.39, 0.29) is 11.8 Å². The molecule has 0 atom stereocenters. The van der Waals surface area contributed by atoms with Crippen LogP contribution in [0.4, 0.5) is 8.78 Å². The minimum absolute atomic E-state index is 0.231. The Morgan fingerprint density at radius 1 is 0.826 bits per heavy atom. The summed E-state index contributed by atoms with van der Waals surface area (Å²) in [5, 5.41) is 0. The van der Waals surface area contributed by atoms with Crippen LogP contribution in [0.3, 0.4) is 0 Å². The first kappa shape index (κ1) is 16.9. The molecule has 0 saturated heterocycles. The Balaban J connectivity index is 1.99. The Hall–Kier alpha value is -0.920. The fourth-order valence-electron chi connectivity index (χ4n) is 4.73. The maximum Gasteiger partial charge on any atom is 0.162 e. The molecule has 23 heavy (non-hydrogen) atoms. The van der Waals surface area contributed by atoms with Crippen molar-refractivity contribution in [1.82, 2.24) is 0 Å². The highest BCUT2D eigenvalue weighted by Crippen LogP contribution is 2.41. The van der Waals surface area contributed by atoms with Crippen molar-refractivity contribution < 1.29 is 8.78 Å². The van der Waals surface area contributed by atoms with Gasteiger partial charge in [-0.25, -0.2) is 8.78 Å². The van der Waals surface area contributed by atoms with Gasteiger partial charge in [0.05, 0.1) is 0 Å². The summed E-state index contributed by atoms with van der Waals surface area (Å²) in [6.07, 6.45) is 13.0. The van der Waals surface area contributed by atoms with Crippen LogP contribution in [0.2, 0.25) is 0 Å². The molecular formula is C21H30F2. The van der Waals surface area contributed by atoms with Crippen LogP contribution >= 0.6 is 0 Å². The fourth-order valence-corrected chi connectivity index (χ4v) is 4.73. The zero-order chi connectivity index (χ0) is 16.2. The van der Waals surface area contributed by atoms with Gasteiger partial charge in [0.1, 0.15) is 0 Å². The molecule has 1 aromatic rings. The van der Waals surface area contributed by atoms with Crippen LogP contribution in [-0.4, -0.2) is 0 Å². The third-order valence-corrected chi connectivity index (χ3v) is 5.94. The zero-order valence-corrected chi connectivity index (χ0v) is 14.5. The normalized spacial score (nSPS) is 20.8. The Morgan fingerprint density at radius 3 is 1.96 bits per heavy atom. The molecule has 0 aromatic heterocycles. The van der Waals surface area contributed by atoms with E-state index in [4.69, 9.17) is 0 Å². The lowest BCUT2D eigenvalue weighted by Crippen LogP contribution is -2.15. The van der Waals surface area contributed by atoms with Crippen LogP contribution in [0.5, 0.6) is 0 Å². The van der Waals surface area contributed by atoms with Gasteiger partial charge in [0.2, 0.25) is 0 Å². The summed E-state index contributed by atoms with van der Waals surface area (Å²) in [6.45, 7) is 2.13. The van der Waals surface area contributed by atoms with Crippen molar-refractivity contribution in [2.75, 3.05) is 0 Å². The van der Waals surface area contributed by atoms with Gasteiger partial charge in [-0.1, -0.05) is 57.9 Å². The summed E-state index contributed by atoms with van der Waals surface area (Å²) >= 11 is 0. The summed E-state index contributed by atoms with van der Waals surface area (Å²) in [6, 6.07) is 2.04. The van der Waals surface area contributed by atoms with Crippen molar-refractivity contribution in [2.24, 2.45) is 0 Å². The Morgan fingerprint density at radius 2 is 1.39 bits per heavy atom. The van der Waals surface area contributed by atoms with Crippen LogP contribution < -0.4 is 0 Å². The lowest BCUT2D eigenvalue weighted by molar-refractivity contribution is 0.396. The highest BCUT2D eigenvalue weighted by atomic mass is 19.2. The molecule has 0 spiro atoms. The van der Waals surface area contributed by atoms with E-state index in [9.17, 15) is 4.39 Å². The zero-order valence-electron chi connectivity index (χ0n) is 14.5. The second kappa shape index (κ2) is 7.77. The summed E-state index contributed by atoms with van der Waals surface area (Å²) in [5.74, 6) is -0.574. The molecule has 2 aliphatic rings. The Kier molecular flexibility index (Phi) is 5.71. The lowest BCUT2D eigenvalue weighted by atomic mass is 9.77. The molecule has 0 amide bonds. The van der Waals surface area contributed by atoms with Crippen LogP contribution in [0.15, 0.2) is 6.07 Å². The maximum absolute atomic E-state index is 15.0. The summed E-state index contributed by atoms with van der Waals surface area (Å²) < 4.78 is 29.9. The highest BCUT2D eigenvalue weighted by Gasteiger charge is 2.28. The molecule has 0 bridgehead atoms. The number of aryl methyl sites for hydroxylation is 1. The van der Waals surface area contributed by atoms with Crippen LogP contribution in [0.1, 0.15) is 106 Å². The lowest BCUT2D eigenvalue weighted by Gasteiger charge is -2.28. The second-order valence-electron chi connectivity index (χ2n) is 7.59. The Bertz CT molecular complexity index is 523. The molecule has 0 heterocycles. The number of benzene rings is 1. The van der Waals surface area contributed by atoms with E-state index < -0.39 is 11.6 Å². The van der Waals surface area contributed by atoms with Gasteiger partial charge >= 0.3 is 0 Å². The van der Waals surface area contributed by atoms with Gasteiger partial charge in [-0.2, -0.15) is 0 Å². The molecule has 0 nitrogen and oxygen atoms in total. The van der Waals surface area contributed by atoms with Crippen molar-refractivity contribution in [2.45, 2.75) is 95.8 Å². The average molecular weight is 320 g/mol. The van der Waals surface area contributed by atoms with Gasteiger partial charge in [-0.15, -0.1) is 0 Å². The van der Waals surface area contributed by atoms with E-state index in [1.807, 2.05) is 6.07 Å². The number of hydrogen-bond donors (Lipinski definition) is 0. The van der Waals surface area contributed by atoms with Gasteiger partial charge in [0, 0.05) is 0 Å². The third-order valence-electron chi connectivity index (χ3n) is 5.94. The van der Waals surface area contributed by atoms with Crippen molar-refractivity contribution in [3.63, 3.8) is 0 Å². The van der Waals surface area contributed by atoms with Gasteiger partial charge in [0.25, 0.3) is 0 Å². The molecule has 0 radical (unpaired) electrons. The SMILES string of the molecule is CCCc1cc(C2CCCCC2)c(F)c(F)c1C1CCCCC1. The molecule has 2 saturated carbocycles. The first-order chi connectivity index (χ1) is 11.2. The highest BCUT2D eigenvalue weighted by molar-refractivity contribution is 5.39.